The first-order valence-corrected chi connectivity index (χ1v) is 3.81. The number of rotatable bonds is 0. The predicted molar refractivity (Wildman–Crippen MR) is 8.62 cm³/mol. The van der Waals surface area contributed by atoms with Crippen molar-refractivity contribution >= 4 is 12.4 Å². The Balaban J connectivity index is 0. The van der Waals surface area contributed by atoms with Gasteiger partial charge in [-0.25, -0.2) is 0 Å². The fourth-order valence-electron chi connectivity index (χ4n) is 0. The van der Waals surface area contributed by atoms with Crippen LogP contribution >= 0.6 is 12.4 Å². The molecule has 0 aromatic carbocycles. The Morgan fingerprint density at radius 3 is 1.25 bits per heavy atom. The molecule has 0 aromatic heterocycles. The molecule has 0 aliphatic heterocycles. The topological polar surface area (TPSA) is 34.1 Å². The van der Waals surface area contributed by atoms with Gasteiger partial charge in [0.15, 0.2) is 0 Å². The molecule has 0 amide bonds. The summed E-state index contributed by atoms with van der Waals surface area (Å²) in [5.74, 6) is 0. The van der Waals surface area contributed by atoms with E-state index < -0.39 is 27.8 Å². The van der Waals surface area contributed by atoms with Crippen molar-refractivity contribution in [3.8, 4) is 0 Å². The van der Waals surface area contributed by atoms with Gasteiger partial charge >= 0.3 is 32.3 Å². The number of hydrogen-bond acceptors (Lipinski definition) is 2. The summed E-state index contributed by atoms with van der Waals surface area (Å²) in [6.07, 6.45) is 0. The van der Waals surface area contributed by atoms with Crippen LogP contribution in [0.15, 0.2) is 0 Å². The standard InChI is InChI=1S/ClH.2O.U/h1H;;;. The molecule has 4 heteroatoms. The van der Waals surface area contributed by atoms with Crippen molar-refractivity contribution < 1.29 is 32.3 Å². The zero-order valence-electron chi connectivity index (χ0n) is 1.72. The minimum atomic E-state index is -2.51. The van der Waals surface area contributed by atoms with Crippen molar-refractivity contribution in [3.63, 3.8) is 0 Å². The molecule has 24 valence electrons. The van der Waals surface area contributed by atoms with E-state index >= 15 is 0 Å². The molecule has 0 fully saturated rings. The van der Waals surface area contributed by atoms with Crippen molar-refractivity contribution in [3.05, 3.63) is 0 Å². The molecule has 4 heavy (non-hydrogen) atoms. The SMILES string of the molecule is Cl.[O]=[U]=[O]. The third-order valence-electron chi connectivity index (χ3n) is 0. The van der Waals surface area contributed by atoms with Crippen LogP contribution in [0.1, 0.15) is 0 Å². The third-order valence-corrected chi connectivity index (χ3v) is 0. The van der Waals surface area contributed by atoms with Crippen LogP contribution in [0.3, 0.4) is 0 Å². The third kappa shape index (κ3) is 12.5. The Hall–Kier alpha value is 0.942. The molecular weight excluding hydrogens is 305 g/mol. The van der Waals surface area contributed by atoms with Crippen molar-refractivity contribution in [2.75, 3.05) is 0 Å². The van der Waals surface area contributed by atoms with Gasteiger partial charge < -0.3 is 0 Å². The molecule has 0 atom stereocenters. The van der Waals surface area contributed by atoms with E-state index in [0.717, 1.165) is 0 Å². The molecule has 0 aromatic rings. The summed E-state index contributed by atoms with van der Waals surface area (Å²) in [5.41, 5.74) is 0. The van der Waals surface area contributed by atoms with Crippen LogP contribution in [0.2, 0.25) is 0 Å². The van der Waals surface area contributed by atoms with E-state index in [-0.39, 0.29) is 12.4 Å². The van der Waals surface area contributed by atoms with Gasteiger partial charge in [-0.2, -0.15) is 0 Å². The van der Waals surface area contributed by atoms with Crippen LogP contribution < -0.4 is 0 Å². The van der Waals surface area contributed by atoms with Gasteiger partial charge in [-0.1, -0.05) is 0 Å². The van der Waals surface area contributed by atoms with Crippen LogP contribution in [0.25, 0.3) is 0 Å². The summed E-state index contributed by atoms with van der Waals surface area (Å²) in [6.45, 7) is 0. The first kappa shape index (κ1) is 8.87. The zero-order valence-corrected chi connectivity index (χ0v) is 6.70. The van der Waals surface area contributed by atoms with Crippen molar-refractivity contribution in [2.45, 2.75) is 0 Å². The molecule has 0 rings (SSSR count). The summed E-state index contributed by atoms with van der Waals surface area (Å²) in [7, 11) is 0. The van der Waals surface area contributed by atoms with Crippen LogP contribution in [0.5, 0.6) is 0 Å². The molecule has 0 N–H and O–H groups in total. The maximum absolute atomic E-state index is 8.58. The van der Waals surface area contributed by atoms with Gasteiger partial charge in [0, 0.05) is 0 Å². The Labute approximate surface area is 44.6 Å². The van der Waals surface area contributed by atoms with Gasteiger partial charge in [0.2, 0.25) is 0 Å². The Kier molecular flexibility index (Phi) is 20.1. The molecule has 0 unspecified atom stereocenters. The Morgan fingerprint density at radius 1 is 1.25 bits per heavy atom. The van der Waals surface area contributed by atoms with Gasteiger partial charge in [0.05, 0.1) is 0 Å². The van der Waals surface area contributed by atoms with Crippen molar-refractivity contribution in [1.29, 1.82) is 0 Å². The van der Waals surface area contributed by atoms with Crippen LogP contribution in [-0.4, -0.2) is 0 Å². The van der Waals surface area contributed by atoms with E-state index in [9.17, 15) is 0 Å². The van der Waals surface area contributed by atoms with Crippen molar-refractivity contribution in [2.24, 2.45) is 0 Å². The molecule has 2 nitrogen and oxygen atoms in total. The number of halogens is 1. The monoisotopic (exact) mass is 306 g/mol. The van der Waals surface area contributed by atoms with Crippen LogP contribution in [0, 0.1) is 27.8 Å². The minimum absolute atomic E-state index is 0. The van der Waals surface area contributed by atoms with Gasteiger partial charge in [0.1, 0.15) is 0 Å². The average Bonchev–Trinajstić information content (AvgIpc) is 0.918. The second-order valence-corrected chi connectivity index (χ2v) is 0.777. The summed E-state index contributed by atoms with van der Waals surface area (Å²) in [4.78, 5) is 0. The molecule has 0 spiro atoms. The molecule has 0 heterocycles. The van der Waals surface area contributed by atoms with E-state index in [4.69, 9.17) is 4.47 Å². The van der Waals surface area contributed by atoms with Crippen LogP contribution in [-0.2, 0) is 4.47 Å². The molecule has 0 aliphatic carbocycles. The van der Waals surface area contributed by atoms with E-state index in [1.54, 1.807) is 0 Å². The average molecular weight is 306 g/mol. The van der Waals surface area contributed by atoms with Crippen molar-refractivity contribution in [1.82, 2.24) is 0 Å². The molecule has 0 aliphatic rings. The summed E-state index contributed by atoms with van der Waals surface area (Å²) in [6, 6.07) is 0. The van der Waals surface area contributed by atoms with Gasteiger partial charge in [-0.15, -0.1) is 12.4 Å². The van der Waals surface area contributed by atoms with E-state index in [2.05, 4.69) is 0 Å². The first-order chi connectivity index (χ1) is 1.41. The van der Waals surface area contributed by atoms with Gasteiger partial charge in [-0.3, -0.25) is 0 Å². The molecule has 0 saturated carbocycles. The fourth-order valence-corrected chi connectivity index (χ4v) is 0. The summed E-state index contributed by atoms with van der Waals surface area (Å²) >= 11 is -2.51. The van der Waals surface area contributed by atoms with Crippen LogP contribution in [0.4, 0.5) is 0 Å². The summed E-state index contributed by atoms with van der Waals surface area (Å²) < 4.78 is 17.2. The zero-order chi connectivity index (χ0) is 2.71. The second-order valence-electron chi connectivity index (χ2n) is 0.0833. The predicted octanol–water partition coefficient (Wildman–Crippen LogP) is 0.184. The maximum atomic E-state index is 8.58. The Morgan fingerprint density at radius 2 is 1.25 bits per heavy atom. The number of hydrogen-bond donors (Lipinski definition) is 0. The quantitative estimate of drug-likeness (QED) is 0.640. The van der Waals surface area contributed by atoms with Gasteiger partial charge in [-0.05, 0) is 0 Å². The molecule has 0 bridgehead atoms. The van der Waals surface area contributed by atoms with E-state index in [1.165, 1.54) is 0 Å². The fraction of sp³-hybridized carbons (Fsp3) is 0. The van der Waals surface area contributed by atoms with E-state index in [1.807, 2.05) is 0 Å². The normalized spacial score (nSPS) is 2.00. The van der Waals surface area contributed by atoms with Gasteiger partial charge in [0.25, 0.3) is 0 Å². The second kappa shape index (κ2) is 9.05. The Bertz CT molecular complexity index is 27.0. The first-order valence-electron chi connectivity index (χ1n) is 0.408. The summed E-state index contributed by atoms with van der Waals surface area (Å²) in [5, 5.41) is 0. The molecule has 0 saturated heterocycles. The van der Waals surface area contributed by atoms with E-state index in [0.29, 0.717) is 0 Å². The molecule has 0 radical (unpaired) electrons. The molecular formula is HClO2U.